The molecule has 5 heteroatoms. The number of rotatable bonds is 3. The van der Waals surface area contributed by atoms with Gasteiger partial charge in [0.15, 0.2) is 0 Å². The lowest BCUT2D eigenvalue weighted by atomic mass is 10.0. The number of halogens is 1. The SMILES string of the molecule is Cc1ccnc(F)c1CN1CCc2nc(C(C)C)ncc2C1. The van der Waals surface area contributed by atoms with Gasteiger partial charge in [-0.25, -0.2) is 15.0 Å². The van der Waals surface area contributed by atoms with Gasteiger partial charge in [0.25, 0.3) is 0 Å². The Bertz CT molecular complexity index is 664. The van der Waals surface area contributed by atoms with E-state index in [0.717, 1.165) is 42.2 Å². The van der Waals surface area contributed by atoms with Crippen molar-refractivity contribution >= 4 is 0 Å². The van der Waals surface area contributed by atoms with Gasteiger partial charge < -0.3 is 0 Å². The molecule has 0 N–H and O–H groups in total. The maximum atomic E-state index is 13.9. The molecule has 2 aromatic heterocycles. The summed E-state index contributed by atoms with van der Waals surface area (Å²) in [5, 5.41) is 0. The van der Waals surface area contributed by atoms with E-state index in [1.807, 2.05) is 19.2 Å². The van der Waals surface area contributed by atoms with Gasteiger partial charge in [0, 0.05) is 61.2 Å². The van der Waals surface area contributed by atoms with Crippen LogP contribution in [-0.2, 0) is 19.5 Å². The summed E-state index contributed by atoms with van der Waals surface area (Å²) in [4.78, 5) is 15.1. The van der Waals surface area contributed by atoms with Crippen molar-refractivity contribution in [1.82, 2.24) is 19.9 Å². The molecule has 1 aliphatic heterocycles. The molecule has 0 saturated heterocycles. The van der Waals surface area contributed by atoms with Crippen molar-refractivity contribution in [2.75, 3.05) is 6.54 Å². The molecule has 4 nitrogen and oxygen atoms in total. The monoisotopic (exact) mass is 300 g/mol. The summed E-state index contributed by atoms with van der Waals surface area (Å²) in [6, 6.07) is 1.86. The van der Waals surface area contributed by atoms with E-state index in [1.54, 1.807) is 0 Å². The van der Waals surface area contributed by atoms with E-state index in [2.05, 4.69) is 33.7 Å². The fraction of sp³-hybridized carbons (Fsp3) is 0.471. The minimum Gasteiger partial charge on any atom is -0.294 e. The smallest absolute Gasteiger partial charge is 0.217 e. The molecular weight excluding hydrogens is 279 g/mol. The topological polar surface area (TPSA) is 41.9 Å². The lowest BCUT2D eigenvalue weighted by molar-refractivity contribution is 0.237. The number of nitrogens with zero attached hydrogens (tertiary/aromatic N) is 4. The van der Waals surface area contributed by atoms with Crippen LogP contribution in [-0.4, -0.2) is 26.4 Å². The van der Waals surface area contributed by atoms with Crippen molar-refractivity contribution in [1.29, 1.82) is 0 Å². The average Bonchev–Trinajstić information content (AvgIpc) is 2.50. The second-order valence-corrected chi connectivity index (χ2v) is 6.21. The summed E-state index contributed by atoms with van der Waals surface area (Å²) in [7, 11) is 0. The Labute approximate surface area is 130 Å². The quantitative estimate of drug-likeness (QED) is 0.817. The maximum absolute atomic E-state index is 13.9. The molecule has 3 rings (SSSR count). The van der Waals surface area contributed by atoms with Gasteiger partial charge in [-0.15, -0.1) is 0 Å². The van der Waals surface area contributed by atoms with Gasteiger partial charge in [-0.1, -0.05) is 13.8 Å². The predicted molar refractivity (Wildman–Crippen MR) is 82.9 cm³/mol. The molecule has 1 aliphatic rings. The van der Waals surface area contributed by atoms with Crippen molar-refractivity contribution in [3.8, 4) is 0 Å². The van der Waals surface area contributed by atoms with Gasteiger partial charge in [-0.2, -0.15) is 4.39 Å². The van der Waals surface area contributed by atoms with Crippen molar-refractivity contribution in [3.63, 3.8) is 0 Å². The highest BCUT2D eigenvalue weighted by Crippen LogP contribution is 2.22. The molecule has 0 radical (unpaired) electrons. The summed E-state index contributed by atoms with van der Waals surface area (Å²) < 4.78 is 13.9. The first-order valence-electron chi connectivity index (χ1n) is 7.71. The van der Waals surface area contributed by atoms with Crippen LogP contribution in [0, 0.1) is 12.9 Å². The summed E-state index contributed by atoms with van der Waals surface area (Å²) >= 11 is 0. The molecule has 0 aromatic carbocycles. The van der Waals surface area contributed by atoms with Gasteiger partial charge in [-0.05, 0) is 18.6 Å². The molecular formula is C17H21FN4. The van der Waals surface area contributed by atoms with Gasteiger partial charge in [0.05, 0.1) is 0 Å². The van der Waals surface area contributed by atoms with Crippen LogP contribution in [0.4, 0.5) is 4.39 Å². The Hall–Kier alpha value is -1.88. The van der Waals surface area contributed by atoms with Crippen LogP contribution < -0.4 is 0 Å². The highest BCUT2D eigenvalue weighted by molar-refractivity contribution is 5.25. The lowest BCUT2D eigenvalue weighted by Gasteiger charge is -2.28. The third kappa shape index (κ3) is 2.99. The van der Waals surface area contributed by atoms with Crippen LogP contribution >= 0.6 is 0 Å². The van der Waals surface area contributed by atoms with Crippen LogP contribution in [0.2, 0.25) is 0 Å². The Morgan fingerprint density at radius 1 is 1.32 bits per heavy atom. The summed E-state index contributed by atoms with van der Waals surface area (Å²) in [6.07, 6.45) is 4.33. The first-order chi connectivity index (χ1) is 10.5. The van der Waals surface area contributed by atoms with Crippen LogP contribution in [0.1, 0.15) is 48.0 Å². The van der Waals surface area contributed by atoms with Crippen molar-refractivity contribution < 1.29 is 4.39 Å². The zero-order valence-corrected chi connectivity index (χ0v) is 13.3. The molecule has 2 aromatic rings. The van der Waals surface area contributed by atoms with Gasteiger partial charge in [0.2, 0.25) is 5.95 Å². The zero-order valence-electron chi connectivity index (χ0n) is 13.3. The maximum Gasteiger partial charge on any atom is 0.217 e. The normalized spacial score (nSPS) is 15.1. The molecule has 0 aliphatic carbocycles. The summed E-state index contributed by atoms with van der Waals surface area (Å²) in [5.74, 6) is 0.883. The number of hydrogen-bond donors (Lipinski definition) is 0. The molecule has 0 atom stereocenters. The largest absolute Gasteiger partial charge is 0.294 e. The van der Waals surface area contributed by atoms with Gasteiger partial charge in [-0.3, -0.25) is 4.90 Å². The molecule has 0 amide bonds. The Balaban J connectivity index is 1.77. The van der Waals surface area contributed by atoms with E-state index in [9.17, 15) is 4.39 Å². The molecule has 0 unspecified atom stereocenters. The highest BCUT2D eigenvalue weighted by atomic mass is 19.1. The van der Waals surface area contributed by atoms with Crippen LogP contribution in [0.25, 0.3) is 0 Å². The van der Waals surface area contributed by atoms with Crippen molar-refractivity contribution in [2.45, 2.75) is 46.2 Å². The van der Waals surface area contributed by atoms with E-state index >= 15 is 0 Å². The number of pyridine rings is 1. The third-order valence-corrected chi connectivity index (χ3v) is 4.17. The highest BCUT2D eigenvalue weighted by Gasteiger charge is 2.21. The summed E-state index contributed by atoms with van der Waals surface area (Å²) in [5.41, 5.74) is 3.92. The van der Waals surface area contributed by atoms with Crippen molar-refractivity contribution in [3.05, 3.63) is 52.6 Å². The predicted octanol–water partition coefficient (Wildman–Crippen LogP) is 3.00. The first kappa shape index (κ1) is 15.0. The lowest BCUT2D eigenvalue weighted by Crippen LogP contribution is -2.31. The molecule has 0 saturated carbocycles. The van der Waals surface area contributed by atoms with Crippen molar-refractivity contribution in [2.24, 2.45) is 0 Å². The first-order valence-corrected chi connectivity index (χ1v) is 7.71. The average molecular weight is 300 g/mol. The van der Waals surface area contributed by atoms with E-state index in [1.165, 1.54) is 6.20 Å². The number of hydrogen-bond acceptors (Lipinski definition) is 4. The molecule has 22 heavy (non-hydrogen) atoms. The Morgan fingerprint density at radius 2 is 2.14 bits per heavy atom. The van der Waals surface area contributed by atoms with Crippen LogP contribution in [0.3, 0.4) is 0 Å². The minimum atomic E-state index is -0.364. The molecule has 0 fully saturated rings. The van der Waals surface area contributed by atoms with Gasteiger partial charge in [0.1, 0.15) is 5.82 Å². The van der Waals surface area contributed by atoms with Gasteiger partial charge >= 0.3 is 0 Å². The van der Waals surface area contributed by atoms with E-state index in [4.69, 9.17) is 0 Å². The standard InChI is InChI=1S/C17H21FN4/c1-11(2)17-20-8-13-9-22(7-5-15(13)21-17)10-14-12(3)4-6-19-16(14)18/h4,6,8,11H,5,7,9-10H2,1-3H3. The van der Waals surface area contributed by atoms with E-state index in [-0.39, 0.29) is 5.95 Å². The third-order valence-electron chi connectivity index (χ3n) is 4.17. The number of aryl methyl sites for hydroxylation is 1. The Kier molecular flexibility index (Phi) is 4.16. The molecule has 116 valence electrons. The fourth-order valence-electron chi connectivity index (χ4n) is 2.77. The number of aromatic nitrogens is 3. The molecule has 0 bridgehead atoms. The second-order valence-electron chi connectivity index (χ2n) is 6.21. The Morgan fingerprint density at radius 3 is 2.86 bits per heavy atom. The minimum absolute atomic E-state index is 0.343. The van der Waals surface area contributed by atoms with Crippen LogP contribution in [0.5, 0.6) is 0 Å². The zero-order chi connectivity index (χ0) is 15.7. The van der Waals surface area contributed by atoms with Crippen LogP contribution in [0.15, 0.2) is 18.5 Å². The number of fused-ring (bicyclic) bond motifs is 1. The van der Waals surface area contributed by atoms with E-state index in [0.29, 0.717) is 18.0 Å². The molecule has 0 spiro atoms. The second kappa shape index (κ2) is 6.08. The molecule has 3 heterocycles. The fourth-order valence-corrected chi connectivity index (χ4v) is 2.77. The van der Waals surface area contributed by atoms with E-state index < -0.39 is 0 Å². The summed E-state index contributed by atoms with van der Waals surface area (Å²) in [6.45, 7) is 8.36.